The Hall–Kier alpha value is -0.580. The lowest BCUT2D eigenvalue weighted by molar-refractivity contribution is 0.108. The zero-order chi connectivity index (χ0) is 10.9. The molecule has 3 nitrogen and oxygen atoms in total. The van der Waals surface area contributed by atoms with E-state index in [0.29, 0.717) is 5.56 Å². The van der Waals surface area contributed by atoms with Gasteiger partial charge in [-0.15, -0.1) is 0 Å². The van der Waals surface area contributed by atoms with Gasteiger partial charge in [-0.25, -0.2) is 8.42 Å². The molecule has 0 atom stereocenters. The average Bonchev–Trinajstić information content (AvgIpc) is 2.01. The highest BCUT2D eigenvalue weighted by atomic mass is 35.7. The van der Waals surface area contributed by atoms with E-state index >= 15 is 0 Å². The molecule has 0 radical (unpaired) electrons. The van der Waals surface area contributed by atoms with Crippen LogP contribution in [0.3, 0.4) is 0 Å². The maximum atomic E-state index is 10.9. The molecule has 6 heteroatoms. The van der Waals surface area contributed by atoms with E-state index in [0.717, 1.165) is 0 Å². The number of carbonyl (C=O) groups excluding carboxylic acids is 1. The van der Waals surface area contributed by atoms with Gasteiger partial charge in [0.25, 0.3) is 14.3 Å². The fourth-order valence-electron chi connectivity index (χ4n) is 1.01. The molecular weight excluding hydrogens is 247 g/mol. The molecule has 0 aliphatic rings. The summed E-state index contributed by atoms with van der Waals surface area (Å²) < 4.78 is 21.8. The Bertz CT molecular complexity index is 479. The van der Waals surface area contributed by atoms with Crippen LogP contribution in [0.4, 0.5) is 0 Å². The molecular formula is C8H6Cl2O3S. The summed E-state index contributed by atoms with van der Waals surface area (Å²) in [5.74, 6) is 0. The summed E-state index contributed by atoms with van der Waals surface area (Å²) in [5.41, 5.74) is 0.752. The maximum Gasteiger partial charge on any atom is 0.261 e. The molecule has 0 saturated heterocycles. The Morgan fingerprint density at radius 3 is 2.29 bits per heavy atom. The van der Waals surface area contributed by atoms with E-state index in [1.807, 2.05) is 0 Å². The molecule has 1 aromatic rings. The van der Waals surface area contributed by atoms with Gasteiger partial charge in [0.15, 0.2) is 0 Å². The zero-order valence-electron chi connectivity index (χ0n) is 7.12. The molecule has 0 aliphatic carbocycles. The third-order valence-corrected chi connectivity index (χ3v) is 3.25. The monoisotopic (exact) mass is 252 g/mol. The number of aryl methyl sites for hydroxylation is 1. The van der Waals surface area contributed by atoms with E-state index in [2.05, 4.69) is 0 Å². The summed E-state index contributed by atoms with van der Waals surface area (Å²) >= 11 is 5.25. The highest BCUT2D eigenvalue weighted by Crippen LogP contribution is 2.19. The van der Waals surface area contributed by atoms with Crippen LogP contribution in [-0.4, -0.2) is 13.7 Å². The van der Waals surface area contributed by atoms with Crippen LogP contribution in [0.15, 0.2) is 23.1 Å². The van der Waals surface area contributed by atoms with Crippen molar-refractivity contribution in [3.8, 4) is 0 Å². The summed E-state index contributed by atoms with van der Waals surface area (Å²) in [6.07, 6.45) is 0. The molecule has 76 valence electrons. The third-order valence-electron chi connectivity index (χ3n) is 1.69. The molecule has 0 unspecified atom stereocenters. The number of hydrogen-bond donors (Lipinski definition) is 0. The van der Waals surface area contributed by atoms with Gasteiger partial charge in [0, 0.05) is 16.2 Å². The van der Waals surface area contributed by atoms with Crippen molar-refractivity contribution < 1.29 is 13.2 Å². The van der Waals surface area contributed by atoms with E-state index in [1.165, 1.54) is 18.2 Å². The van der Waals surface area contributed by atoms with E-state index in [-0.39, 0.29) is 10.5 Å². The molecule has 1 aromatic carbocycles. The Balaban J connectivity index is 3.34. The Morgan fingerprint density at radius 1 is 1.36 bits per heavy atom. The molecule has 0 amide bonds. The first-order valence-corrected chi connectivity index (χ1v) is 6.26. The SMILES string of the molecule is Cc1cc(S(=O)(=O)Cl)ccc1C(=O)Cl. The first kappa shape index (κ1) is 11.5. The van der Waals surface area contributed by atoms with Gasteiger partial charge in [-0.2, -0.15) is 0 Å². The summed E-state index contributed by atoms with van der Waals surface area (Å²) in [4.78, 5) is 10.8. The summed E-state index contributed by atoms with van der Waals surface area (Å²) in [6, 6.07) is 3.88. The smallest absolute Gasteiger partial charge is 0.261 e. The van der Waals surface area contributed by atoms with E-state index in [9.17, 15) is 13.2 Å². The quantitative estimate of drug-likeness (QED) is 0.760. The number of carbonyl (C=O) groups is 1. The lowest BCUT2D eigenvalue weighted by Gasteiger charge is -2.02. The molecule has 0 spiro atoms. The second-order valence-corrected chi connectivity index (χ2v) is 5.60. The van der Waals surface area contributed by atoms with Crippen molar-refractivity contribution in [1.82, 2.24) is 0 Å². The van der Waals surface area contributed by atoms with Gasteiger partial charge in [0.2, 0.25) is 0 Å². The van der Waals surface area contributed by atoms with Crippen molar-refractivity contribution in [3.05, 3.63) is 29.3 Å². The predicted octanol–water partition coefficient (Wildman–Crippen LogP) is 2.30. The highest BCUT2D eigenvalue weighted by Gasteiger charge is 2.13. The van der Waals surface area contributed by atoms with Crippen molar-refractivity contribution in [2.75, 3.05) is 0 Å². The lowest BCUT2D eigenvalue weighted by Crippen LogP contribution is -1.97. The second kappa shape index (κ2) is 3.88. The normalized spacial score (nSPS) is 11.4. The summed E-state index contributed by atoms with van der Waals surface area (Å²) in [6.45, 7) is 1.58. The maximum absolute atomic E-state index is 10.9. The summed E-state index contributed by atoms with van der Waals surface area (Å²) in [5, 5.41) is -0.624. The van der Waals surface area contributed by atoms with Crippen LogP contribution < -0.4 is 0 Å². The van der Waals surface area contributed by atoms with E-state index in [1.54, 1.807) is 6.92 Å². The van der Waals surface area contributed by atoms with Gasteiger partial charge in [0.05, 0.1) is 4.90 Å². The van der Waals surface area contributed by atoms with Crippen molar-refractivity contribution >= 4 is 36.6 Å². The van der Waals surface area contributed by atoms with Crippen LogP contribution in [-0.2, 0) is 9.05 Å². The molecule has 0 aromatic heterocycles. The van der Waals surface area contributed by atoms with E-state index in [4.69, 9.17) is 22.3 Å². The van der Waals surface area contributed by atoms with Crippen molar-refractivity contribution in [2.24, 2.45) is 0 Å². The van der Waals surface area contributed by atoms with Crippen LogP contribution in [0.1, 0.15) is 15.9 Å². The van der Waals surface area contributed by atoms with Gasteiger partial charge >= 0.3 is 0 Å². The first-order valence-electron chi connectivity index (χ1n) is 3.57. The second-order valence-electron chi connectivity index (χ2n) is 2.69. The number of benzene rings is 1. The zero-order valence-corrected chi connectivity index (χ0v) is 9.45. The van der Waals surface area contributed by atoms with Crippen LogP contribution in [0.5, 0.6) is 0 Å². The van der Waals surface area contributed by atoms with Crippen LogP contribution >= 0.6 is 22.3 Å². The van der Waals surface area contributed by atoms with Gasteiger partial charge in [-0.05, 0) is 42.3 Å². The standard InChI is InChI=1S/C8H6Cl2O3S/c1-5-4-6(14(10,12)13)2-3-7(5)8(9)11/h2-4H,1H3. The van der Waals surface area contributed by atoms with Gasteiger partial charge in [-0.3, -0.25) is 4.79 Å². The fourth-order valence-corrected chi connectivity index (χ4v) is 2.06. The first-order chi connectivity index (χ1) is 6.32. The minimum absolute atomic E-state index is 0.0432. The molecule has 0 N–H and O–H groups in total. The van der Waals surface area contributed by atoms with Crippen molar-refractivity contribution in [1.29, 1.82) is 0 Å². The van der Waals surface area contributed by atoms with Gasteiger partial charge in [0.1, 0.15) is 0 Å². The Morgan fingerprint density at radius 2 is 1.93 bits per heavy atom. The minimum Gasteiger partial charge on any atom is -0.276 e. The van der Waals surface area contributed by atoms with Crippen molar-refractivity contribution in [3.63, 3.8) is 0 Å². The molecule has 1 rings (SSSR count). The number of rotatable bonds is 2. The molecule has 0 saturated carbocycles. The van der Waals surface area contributed by atoms with Gasteiger partial charge < -0.3 is 0 Å². The van der Waals surface area contributed by atoms with Gasteiger partial charge in [-0.1, -0.05) is 0 Å². The minimum atomic E-state index is -3.75. The van der Waals surface area contributed by atoms with Crippen molar-refractivity contribution in [2.45, 2.75) is 11.8 Å². The largest absolute Gasteiger partial charge is 0.276 e. The highest BCUT2D eigenvalue weighted by molar-refractivity contribution is 8.13. The van der Waals surface area contributed by atoms with Crippen LogP contribution in [0.25, 0.3) is 0 Å². The predicted molar refractivity (Wildman–Crippen MR) is 54.4 cm³/mol. The lowest BCUT2D eigenvalue weighted by atomic mass is 10.1. The Labute approximate surface area is 91.1 Å². The number of hydrogen-bond acceptors (Lipinski definition) is 3. The van der Waals surface area contributed by atoms with E-state index < -0.39 is 14.3 Å². The number of halogens is 2. The molecule has 0 heterocycles. The molecule has 14 heavy (non-hydrogen) atoms. The molecule has 0 bridgehead atoms. The third kappa shape index (κ3) is 2.47. The Kier molecular flexibility index (Phi) is 3.19. The molecule has 0 fully saturated rings. The average molecular weight is 253 g/mol. The van der Waals surface area contributed by atoms with Crippen LogP contribution in [0.2, 0.25) is 0 Å². The molecule has 0 aliphatic heterocycles. The summed E-state index contributed by atoms with van der Waals surface area (Å²) in [7, 11) is 1.37. The van der Waals surface area contributed by atoms with Crippen LogP contribution in [0, 0.1) is 6.92 Å². The fraction of sp³-hybridized carbons (Fsp3) is 0.125. The topological polar surface area (TPSA) is 51.2 Å².